The van der Waals surface area contributed by atoms with Gasteiger partial charge in [-0.05, 0) is 48.1 Å². The molecule has 3 heteroatoms. The molecule has 1 atom stereocenters. The average molecular weight is 272 g/mol. The Morgan fingerprint density at radius 1 is 1.64 bits per heavy atom. The third kappa shape index (κ3) is 2.84. The molecule has 0 radical (unpaired) electrons. The summed E-state index contributed by atoms with van der Waals surface area (Å²) in [6.07, 6.45) is 5.43. The standard InChI is InChI=1S/C11H14BrNS/c1-5-11(3,4)13-8(2)10-9(12)6-7-14-10/h1,6-8,13H,2-4H3. The molecule has 1 aromatic rings. The van der Waals surface area contributed by atoms with Gasteiger partial charge in [0.1, 0.15) is 0 Å². The highest BCUT2D eigenvalue weighted by Gasteiger charge is 2.19. The molecule has 14 heavy (non-hydrogen) atoms. The van der Waals surface area contributed by atoms with Gasteiger partial charge < -0.3 is 0 Å². The van der Waals surface area contributed by atoms with Crippen molar-refractivity contribution in [3.05, 3.63) is 20.8 Å². The Kier molecular flexibility index (Phi) is 3.77. The summed E-state index contributed by atoms with van der Waals surface area (Å²) in [6, 6.07) is 2.33. The lowest BCUT2D eigenvalue weighted by Crippen LogP contribution is -2.39. The van der Waals surface area contributed by atoms with Crippen molar-refractivity contribution in [3.63, 3.8) is 0 Å². The molecule has 1 rings (SSSR count). The minimum Gasteiger partial charge on any atom is -0.294 e. The van der Waals surface area contributed by atoms with Gasteiger partial charge in [0, 0.05) is 15.4 Å². The maximum absolute atomic E-state index is 5.43. The number of rotatable bonds is 3. The molecule has 0 aromatic carbocycles. The molecule has 0 aliphatic heterocycles. The van der Waals surface area contributed by atoms with Crippen LogP contribution in [0.3, 0.4) is 0 Å². The molecule has 1 heterocycles. The molecule has 1 nitrogen and oxygen atoms in total. The first kappa shape index (κ1) is 11.8. The van der Waals surface area contributed by atoms with Gasteiger partial charge in [0.2, 0.25) is 0 Å². The highest BCUT2D eigenvalue weighted by atomic mass is 79.9. The van der Waals surface area contributed by atoms with E-state index in [-0.39, 0.29) is 11.6 Å². The largest absolute Gasteiger partial charge is 0.294 e. The number of nitrogens with one attached hydrogen (secondary N) is 1. The summed E-state index contributed by atoms with van der Waals surface area (Å²) in [7, 11) is 0. The predicted molar refractivity (Wildman–Crippen MR) is 66.5 cm³/mol. The van der Waals surface area contributed by atoms with Crippen molar-refractivity contribution >= 4 is 27.3 Å². The monoisotopic (exact) mass is 271 g/mol. The second-order valence-corrected chi connectivity index (χ2v) is 5.57. The van der Waals surface area contributed by atoms with Crippen molar-refractivity contribution in [2.24, 2.45) is 0 Å². The highest BCUT2D eigenvalue weighted by molar-refractivity contribution is 9.10. The molecule has 0 saturated heterocycles. The predicted octanol–water partition coefficient (Wildman–Crippen LogP) is 3.57. The molecule has 0 aliphatic carbocycles. The molecule has 0 bridgehead atoms. The van der Waals surface area contributed by atoms with Crippen LogP contribution in [0.5, 0.6) is 0 Å². The summed E-state index contributed by atoms with van der Waals surface area (Å²) in [5.41, 5.74) is -0.261. The number of terminal acetylenes is 1. The molecule has 76 valence electrons. The summed E-state index contributed by atoms with van der Waals surface area (Å²) in [6.45, 7) is 6.13. The van der Waals surface area contributed by atoms with Crippen LogP contribution in [0.25, 0.3) is 0 Å². The zero-order chi connectivity index (χ0) is 10.8. The molecular weight excluding hydrogens is 258 g/mol. The van der Waals surface area contributed by atoms with E-state index in [0.717, 1.165) is 4.47 Å². The van der Waals surface area contributed by atoms with Crippen molar-refractivity contribution in [1.82, 2.24) is 5.32 Å². The zero-order valence-corrected chi connectivity index (χ0v) is 11.0. The topological polar surface area (TPSA) is 12.0 Å². The smallest absolute Gasteiger partial charge is 0.0746 e. The molecule has 0 spiro atoms. The van der Waals surface area contributed by atoms with E-state index in [1.807, 2.05) is 13.8 Å². The first-order valence-electron chi connectivity index (χ1n) is 4.44. The van der Waals surface area contributed by atoms with E-state index in [2.05, 4.69) is 45.5 Å². The first-order valence-corrected chi connectivity index (χ1v) is 6.12. The number of thiophene rings is 1. The Hall–Kier alpha value is -0.300. The Morgan fingerprint density at radius 2 is 2.29 bits per heavy atom. The number of halogens is 1. The van der Waals surface area contributed by atoms with Gasteiger partial charge in [0.25, 0.3) is 0 Å². The van der Waals surface area contributed by atoms with Crippen molar-refractivity contribution in [3.8, 4) is 12.3 Å². The maximum Gasteiger partial charge on any atom is 0.0746 e. The Labute approximate surface area is 98.0 Å². The van der Waals surface area contributed by atoms with E-state index < -0.39 is 0 Å². The Bertz CT molecular complexity index is 348. The van der Waals surface area contributed by atoms with E-state index in [4.69, 9.17) is 6.42 Å². The van der Waals surface area contributed by atoms with Gasteiger partial charge in [-0.15, -0.1) is 17.8 Å². The molecule has 1 unspecified atom stereocenters. The van der Waals surface area contributed by atoms with Gasteiger partial charge in [-0.3, -0.25) is 5.32 Å². The fourth-order valence-electron chi connectivity index (χ4n) is 1.26. The Morgan fingerprint density at radius 3 is 2.71 bits per heavy atom. The van der Waals surface area contributed by atoms with Crippen LogP contribution in [0.2, 0.25) is 0 Å². The number of hydrogen-bond acceptors (Lipinski definition) is 2. The number of hydrogen-bond donors (Lipinski definition) is 1. The van der Waals surface area contributed by atoms with Gasteiger partial charge in [-0.2, -0.15) is 0 Å². The average Bonchev–Trinajstić information content (AvgIpc) is 2.51. The molecule has 0 saturated carbocycles. The minimum atomic E-state index is -0.261. The van der Waals surface area contributed by atoms with E-state index in [1.165, 1.54) is 4.88 Å². The van der Waals surface area contributed by atoms with Gasteiger partial charge in [-0.1, -0.05) is 5.92 Å². The second kappa shape index (κ2) is 4.48. The summed E-state index contributed by atoms with van der Waals surface area (Å²) >= 11 is 5.25. The van der Waals surface area contributed by atoms with Gasteiger partial charge in [0.15, 0.2) is 0 Å². The van der Waals surface area contributed by atoms with Gasteiger partial charge in [0.05, 0.1) is 5.54 Å². The van der Waals surface area contributed by atoms with Crippen LogP contribution < -0.4 is 5.32 Å². The van der Waals surface area contributed by atoms with E-state index in [0.29, 0.717) is 0 Å². The fraction of sp³-hybridized carbons (Fsp3) is 0.455. The summed E-state index contributed by atoms with van der Waals surface area (Å²) in [5.74, 6) is 2.73. The summed E-state index contributed by atoms with van der Waals surface area (Å²) < 4.78 is 1.15. The van der Waals surface area contributed by atoms with E-state index >= 15 is 0 Å². The van der Waals surface area contributed by atoms with Crippen LogP contribution in [0.15, 0.2) is 15.9 Å². The van der Waals surface area contributed by atoms with Crippen LogP contribution in [-0.2, 0) is 0 Å². The zero-order valence-electron chi connectivity index (χ0n) is 8.60. The SMILES string of the molecule is C#CC(C)(C)NC(C)c1sccc1Br. The molecule has 0 aliphatic rings. The van der Waals surface area contributed by atoms with Crippen LogP contribution in [0.4, 0.5) is 0 Å². The lowest BCUT2D eigenvalue weighted by atomic mass is 10.1. The maximum atomic E-state index is 5.43. The van der Waals surface area contributed by atoms with Gasteiger partial charge >= 0.3 is 0 Å². The minimum absolute atomic E-state index is 0.261. The van der Waals surface area contributed by atoms with E-state index in [1.54, 1.807) is 11.3 Å². The first-order chi connectivity index (χ1) is 6.46. The fourth-order valence-corrected chi connectivity index (χ4v) is 2.99. The van der Waals surface area contributed by atoms with Crippen LogP contribution >= 0.6 is 27.3 Å². The lowest BCUT2D eigenvalue weighted by Gasteiger charge is -2.24. The second-order valence-electron chi connectivity index (χ2n) is 3.77. The molecule has 0 amide bonds. The molecular formula is C11H14BrNS. The highest BCUT2D eigenvalue weighted by Crippen LogP contribution is 2.29. The third-order valence-corrected chi connectivity index (χ3v) is 4.03. The van der Waals surface area contributed by atoms with Crippen LogP contribution in [0, 0.1) is 12.3 Å². The van der Waals surface area contributed by atoms with Crippen molar-refractivity contribution in [1.29, 1.82) is 0 Å². The van der Waals surface area contributed by atoms with Crippen molar-refractivity contribution in [2.45, 2.75) is 32.4 Å². The molecule has 0 fully saturated rings. The summed E-state index contributed by atoms with van der Waals surface area (Å²) in [5, 5.41) is 5.46. The van der Waals surface area contributed by atoms with Crippen molar-refractivity contribution < 1.29 is 0 Å². The van der Waals surface area contributed by atoms with Crippen molar-refractivity contribution in [2.75, 3.05) is 0 Å². The third-order valence-electron chi connectivity index (χ3n) is 1.98. The van der Waals surface area contributed by atoms with Gasteiger partial charge in [-0.25, -0.2) is 0 Å². The van der Waals surface area contributed by atoms with E-state index in [9.17, 15) is 0 Å². The lowest BCUT2D eigenvalue weighted by molar-refractivity contribution is 0.435. The molecule has 1 N–H and O–H groups in total. The van der Waals surface area contributed by atoms with Crippen LogP contribution in [0.1, 0.15) is 31.7 Å². The quantitative estimate of drug-likeness (QED) is 0.829. The molecule has 1 aromatic heterocycles. The Balaban J connectivity index is 2.74. The summed E-state index contributed by atoms with van der Waals surface area (Å²) in [4.78, 5) is 1.29. The normalized spacial score (nSPS) is 13.6. The van der Waals surface area contributed by atoms with Crippen LogP contribution in [-0.4, -0.2) is 5.54 Å².